The molecule has 0 aliphatic rings. The van der Waals surface area contributed by atoms with Gasteiger partial charge in [-0.25, -0.2) is 4.39 Å². The molecule has 0 saturated carbocycles. The Bertz CT molecular complexity index is 378. The van der Waals surface area contributed by atoms with E-state index in [0.29, 0.717) is 23.7 Å². The van der Waals surface area contributed by atoms with Crippen molar-refractivity contribution in [3.63, 3.8) is 0 Å². The Morgan fingerprint density at radius 2 is 2.06 bits per heavy atom. The van der Waals surface area contributed by atoms with E-state index in [2.05, 4.69) is 19.2 Å². The zero-order valence-electron chi connectivity index (χ0n) is 9.76. The van der Waals surface area contributed by atoms with E-state index in [4.69, 9.17) is 5.26 Å². The van der Waals surface area contributed by atoms with E-state index in [1.807, 2.05) is 6.07 Å². The van der Waals surface area contributed by atoms with Gasteiger partial charge < -0.3 is 5.32 Å². The van der Waals surface area contributed by atoms with Crippen molar-refractivity contribution in [3.8, 4) is 6.07 Å². The third-order valence-corrected chi connectivity index (χ3v) is 2.74. The van der Waals surface area contributed by atoms with E-state index in [0.717, 1.165) is 12.8 Å². The fourth-order valence-corrected chi connectivity index (χ4v) is 1.61. The summed E-state index contributed by atoms with van der Waals surface area (Å²) in [6.07, 6.45) is 2.05. The summed E-state index contributed by atoms with van der Waals surface area (Å²) in [6, 6.07) is 6.87. The number of benzene rings is 1. The van der Waals surface area contributed by atoms with E-state index in [1.54, 1.807) is 6.07 Å². The van der Waals surface area contributed by atoms with Crippen LogP contribution in [0, 0.1) is 17.1 Å². The van der Waals surface area contributed by atoms with Crippen LogP contribution in [0.15, 0.2) is 18.2 Å². The molecular weight excluding hydrogens is 203 g/mol. The fourth-order valence-electron chi connectivity index (χ4n) is 1.61. The van der Waals surface area contributed by atoms with E-state index >= 15 is 0 Å². The number of halogens is 1. The molecule has 0 aliphatic heterocycles. The standard InChI is InChI=1S/C13H17FN2/c1-3-12(4-2)16-9-11-7-10(8-15)5-6-13(11)14/h5-7,12,16H,3-4,9H2,1-2H3. The molecule has 1 N–H and O–H groups in total. The second kappa shape index (κ2) is 6.24. The minimum Gasteiger partial charge on any atom is -0.310 e. The van der Waals surface area contributed by atoms with Gasteiger partial charge in [-0.2, -0.15) is 5.26 Å². The van der Waals surface area contributed by atoms with Crippen LogP contribution in [0.2, 0.25) is 0 Å². The third kappa shape index (κ3) is 3.32. The van der Waals surface area contributed by atoms with Gasteiger partial charge in [0.15, 0.2) is 0 Å². The van der Waals surface area contributed by atoms with Crippen molar-refractivity contribution in [2.75, 3.05) is 0 Å². The average molecular weight is 220 g/mol. The van der Waals surface area contributed by atoms with Gasteiger partial charge in [0, 0.05) is 18.2 Å². The Morgan fingerprint density at radius 3 is 2.62 bits per heavy atom. The van der Waals surface area contributed by atoms with Crippen molar-refractivity contribution in [1.82, 2.24) is 5.32 Å². The first-order chi connectivity index (χ1) is 7.71. The maximum Gasteiger partial charge on any atom is 0.127 e. The Labute approximate surface area is 96.1 Å². The fraction of sp³-hybridized carbons (Fsp3) is 0.462. The Hall–Kier alpha value is -1.40. The van der Waals surface area contributed by atoms with Crippen molar-refractivity contribution in [3.05, 3.63) is 35.1 Å². The zero-order chi connectivity index (χ0) is 12.0. The highest BCUT2D eigenvalue weighted by molar-refractivity contribution is 5.33. The summed E-state index contributed by atoms with van der Waals surface area (Å²) in [5, 5.41) is 12.0. The van der Waals surface area contributed by atoms with Gasteiger partial charge in [0.1, 0.15) is 5.82 Å². The molecule has 0 amide bonds. The number of hydrogen-bond donors (Lipinski definition) is 1. The van der Waals surface area contributed by atoms with Crippen LogP contribution in [-0.2, 0) is 6.54 Å². The number of nitrogens with one attached hydrogen (secondary N) is 1. The Balaban J connectivity index is 2.69. The van der Waals surface area contributed by atoms with Crippen molar-refractivity contribution in [2.24, 2.45) is 0 Å². The molecule has 0 aliphatic carbocycles. The lowest BCUT2D eigenvalue weighted by atomic mass is 10.1. The molecule has 0 radical (unpaired) electrons. The summed E-state index contributed by atoms with van der Waals surface area (Å²) in [5.41, 5.74) is 1.06. The maximum absolute atomic E-state index is 13.4. The Morgan fingerprint density at radius 1 is 1.38 bits per heavy atom. The van der Waals surface area contributed by atoms with Gasteiger partial charge in [-0.3, -0.25) is 0 Å². The SMILES string of the molecule is CCC(CC)NCc1cc(C#N)ccc1F. The molecule has 16 heavy (non-hydrogen) atoms. The molecule has 0 unspecified atom stereocenters. The van der Waals surface area contributed by atoms with Crippen molar-refractivity contribution < 1.29 is 4.39 Å². The van der Waals surface area contributed by atoms with Crippen molar-refractivity contribution in [2.45, 2.75) is 39.3 Å². The van der Waals surface area contributed by atoms with Crippen LogP contribution in [0.1, 0.15) is 37.8 Å². The third-order valence-electron chi connectivity index (χ3n) is 2.74. The topological polar surface area (TPSA) is 35.8 Å². The molecule has 0 bridgehead atoms. The second-order valence-electron chi connectivity index (χ2n) is 3.81. The molecule has 1 aromatic rings. The molecule has 1 aromatic carbocycles. The molecule has 86 valence electrons. The average Bonchev–Trinajstić information content (AvgIpc) is 2.32. The highest BCUT2D eigenvalue weighted by Gasteiger charge is 2.06. The largest absolute Gasteiger partial charge is 0.310 e. The predicted molar refractivity (Wildman–Crippen MR) is 62.3 cm³/mol. The molecule has 0 aromatic heterocycles. The number of nitriles is 1. The summed E-state index contributed by atoms with van der Waals surface area (Å²) in [6.45, 7) is 4.68. The summed E-state index contributed by atoms with van der Waals surface area (Å²) in [4.78, 5) is 0. The van der Waals surface area contributed by atoms with Gasteiger partial charge in [-0.15, -0.1) is 0 Å². The molecule has 2 nitrogen and oxygen atoms in total. The molecule has 1 rings (SSSR count). The minimum absolute atomic E-state index is 0.252. The van der Waals surface area contributed by atoms with E-state index < -0.39 is 0 Å². The van der Waals surface area contributed by atoms with E-state index in [9.17, 15) is 4.39 Å². The highest BCUT2D eigenvalue weighted by atomic mass is 19.1. The van der Waals surface area contributed by atoms with Crippen molar-refractivity contribution in [1.29, 1.82) is 5.26 Å². The van der Waals surface area contributed by atoms with Crippen LogP contribution in [0.5, 0.6) is 0 Å². The van der Waals surface area contributed by atoms with Gasteiger partial charge in [-0.1, -0.05) is 13.8 Å². The predicted octanol–water partition coefficient (Wildman–Crippen LogP) is 2.98. The van der Waals surface area contributed by atoms with E-state index in [1.165, 1.54) is 12.1 Å². The first kappa shape index (κ1) is 12.7. The Kier molecular flexibility index (Phi) is 4.94. The molecule has 0 fully saturated rings. The van der Waals surface area contributed by atoms with Gasteiger partial charge in [0.2, 0.25) is 0 Å². The zero-order valence-corrected chi connectivity index (χ0v) is 9.76. The lowest BCUT2D eigenvalue weighted by Gasteiger charge is -2.14. The summed E-state index contributed by atoms with van der Waals surface area (Å²) >= 11 is 0. The first-order valence-corrected chi connectivity index (χ1v) is 5.63. The van der Waals surface area contributed by atoms with Crippen LogP contribution in [0.25, 0.3) is 0 Å². The molecule has 0 atom stereocenters. The van der Waals surface area contributed by atoms with Gasteiger partial charge in [0.05, 0.1) is 11.6 Å². The quantitative estimate of drug-likeness (QED) is 0.828. The molecule has 0 spiro atoms. The molecule has 3 heteroatoms. The highest BCUT2D eigenvalue weighted by Crippen LogP contribution is 2.10. The second-order valence-corrected chi connectivity index (χ2v) is 3.81. The lowest BCUT2D eigenvalue weighted by molar-refractivity contribution is 0.475. The number of rotatable bonds is 5. The van der Waals surface area contributed by atoms with Crippen molar-refractivity contribution >= 4 is 0 Å². The van der Waals surface area contributed by atoms with Crippen LogP contribution >= 0.6 is 0 Å². The van der Waals surface area contributed by atoms with Crippen LogP contribution in [0.3, 0.4) is 0 Å². The van der Waals surface area contributed by atoms with Gasteiger partial charge >= 0.3 is 0 Å². The minimum atomic E-state index is -0.252. The maximum atomic E-state index is 13.4. The van der Waals surface area contributed by atoms with Gasteiger partial charge in [0.25, 0.3) is 0 Å². The van der Waals surface area contributed by atoms with Crippen LogP contribution in [-0.4, -0.2) is 6.04 Å². The first-order valence-electron chi connectivity index (χ1n) is 5.63. The van der Waals surface area contributed by atoms with Crippen LogP contribution < -0.4 is 5.32 Å². The lowest BCUT2D eigenvalue weighted by Crippen LogP contribution is -2.27. The van der Waals surface area contributed by atoms with E-state index in [-0.39, 0.29) is 5.82 Å². The number of hydrogen-bond acceptors (Lipinski definition) is 2. The van der Waals surface area contributed by atoms with Crippen LogP contribution in [0.4, 0.5) is 4.39 Å². The molecule has 0 heterocycles. The monoisotopic (exact) mass is 220 g/mol. The smallest absolute Gasteiger partial charge is 0.127 e. The molecule has 0 saturated heterocycles. The normalized spacial score (nSPS) is 10.4. The summed E-state index contributed by atoms with van der Waals surface area (Å²) in [7, 11) is 0. The summed E-state index contributed by atoms with van der Waals surface area (Å²) < 4.78 is 13.4. The number of nitrogens with zero attached hydrogens (tertiary/aromatic N) is 1. The molecular formula is C13H17FN2. The summed E-state index contributed by atoms with van der Waals surface area (Å²) in [5.74, 6) is -0.252. The van der Waals surface area contributed by atoms with Gasteiger partial charge in [-0.05, 0) is 31.0 Å².